The molecule has 0 radical (unpaired) electrons. The van der Waals surface area contributed by atoms with E-state index in [0.717, 1.165) is 19.6 Å². The monoisotopic (exact) mass is 230 g/mol. The Bertz CT molecular complexity index is 411. The van der Waals surface area contributed by atoms with Gasteiger partial charge in [0.15, 0.2) is 0 Å². The zero-order chi connectivity index (χ0) is 12.3. The molecular weight excluding hydrogens is 212 g/mol. The topological polar surface area (TPSA) is 46.3 Å². The average molecular weight is 230 g/mol. The largest absolute Gasteiger partial charge is 0.366 e. The molecule has 0 saturated carbocycles. The third-order valence-electron chi connectivity index (χ3n) is 3.33. The predicted octanol–water partition coefficient (Wildman–Crippen LogP) is 1.76. The number of benzene rings is 1. The third kappa shape index (κ3) is 2.74. The van der Waals surface area contributed by atoms with Crippen LogP contribution in [0.4, 0.5) is 0 Å². The molecule has 2 N–H and O–H groups in total. The summed E-state index contributed by atoms with van der Waals surface area (Å²) >= 11 is 0. The number of amides is 1. The highest BCUT2D eigenvalue weighted by atomic mass is 16.1. The highest BCUT2D eigenvalue weighted by molar-refractivity contribution is 5.92. The van der Waals surface area contributed by atoms with Gasteiger partial charge >= 0.3 is 0 Å². The van der Waals surface area contributed by atoms with Crippen molar-refractivity contribution in [2.45, 2.75) is 12.3 Å². The van der Waals surface area contributed by atoms with Gasteiger partial charge in [-0.15, -0.1) is 6.58 Å². The van der Waals surface area contributed by atoms with Crippen LogP contribution in [0.3, 0.4) is 0 Å². The van der Waals surface area contributed by atoms with Crippen LogP contribution in [0.25, 0.3) is 0 Å². The molecule has 1 amide bonds. The molecule has 1 heterocycles. The summed E-state index contributed by atoms with van der Waals surface area (Å²) in [5.41, 5.74) is 7.09. The molecule has 3 nitrogen and oxygen atoms in total. The second-order valence-corrected chi connectivity index (χ2v) is 4.52. The van der Waals surface area contributed by atoms with E-state index < -0.39 is 0 Å². The molecule has 90 valence electrons. The number of nitrogens with two attached hydrogens (primary N) is 1. The van der Waals surface area contributed by atoms with Crippen LogP contribution in [0.1, 0.15) is 28.3 Å². The minimum atomic E-state index is -0.365. The Kier molecular flexibility index (Phi) is 3.59. The van der Waals surface area contributed by atoms with E-state index in [2.05, 4.69) is 11.5 Å². The van der Waals surface area contributed by atoms with Gasteiger partial charge in [0.25, 0.3) is 0 Å². The Balaban J connectivity index is 2.03. The number of hydrogen-bond donors (Lipinski definition) is 1. The Hall–Kier alpha value is -1.61. The molecule has 0 spiro atoms. The Morgan fingerprint density at radius 1 is 1.47 bits per heavy atom. The molecule has 0 aliphatic carbocycles. The van der Waals surface area contributed by atoms with Gasteiger partial charge in [-0.05, 0) is 36.6 Å². The minimum Gasteiger partial charge on any atom is -0.366 e. The van der Waals surface area contributed by atoms with Crippen molar-refractivity contribution in [2.24, 2.45) is 5.73 Å². The maximum Gasteiger partial charge on any atom is 0.248 e. The summed E-state index contributed by atoms with van der Waals surface area (Å²) in [6, 6.07) is 7.66. The van der Waals surface area contributed by atoms with Crippen molar-refractivity contribution in [1.82, 2.24) is 4.90 Å². The SMILES string of the molecule is C=CCN1CC[C@@H](c2ccc(C(N)=O)cc2)C1. The van der Waals surface area contributed by atoms with Crippen LogP contribution in [0.15, 0.2) is 36.9 Å². The molecule has 1 atom stereocenters. The number of rotatable bonds is 4. The van der Waals surface area contributed by atoms with Crippen molar-refractivity contribution in [1.29, 1.82) is 0 Å². The first-order valence-corrected chi connectivity index (χ1v) is 5.93. The van der Waals surface area contributed by atoms with Gasteiger partial charge in [-0.2, -0.15) is 0 Å². The molecule has 1 aliphatic heterocycles. The molecule has 1 aromatic rings. The first-order valence-electron chi connectivity index (χ1n) is 5.93. The Labute approximate surface area is 102 Å². The van der Waals surface area contributed by atoms with Crippen molar-refractivity contribution in [3.63, 3.8) is 0 Å². The number of likely N-dealkylation sites (tertiary alicyclic amines) is 1. The van der Waals surface area contributed by atoms with Crippen LogP contribution in [0.2, 0.25) is 0 Å². The quantitative estimate of drug-likeness (QED) is 0.801. The van der Waals surface area contributed by atoms with Crippen LogP contribution in [0, 0.1) is 0 Å². The van der Waals surface area contributed by atoms with Gasteiger partial charge in [-0.3, -0.25) is 9.69 Å². The molecule has 1 fully saturated rings. The fourth-order valence-corrected chi connectivity index (χ4v) is 2.37. The fourth-order valence-electron chi connectivity index (χ4n) is 2.37. The summed E-state index contributed by atoms with van der Waals surface area (Å²) in [6.07, 6.45) is 3.11. The molecule has 0 aromatic heterocycles. The van der Waals surface area contributed by atoms with Gasteiger partial charge in [0.2, 0.25) is 5.91 Å². The van der Waals surface area contributed by atoms with E-state index in [1.165, 1.54) is 12.0 Å². The van der Waals surface area contributed by atoms with Crippen molar-refractivity contribution in [3.8, 4) is 0 Å². The van der Waals surface area contributed by atoms with Crippen molar-refractivity contribution >= 4 is 5.91 Å². The highest BCUT2D eigenvalue weighted by Gasteiger charge is 2.22. The lowest BCUT2D eigenvalue weighted by molar-refractivity contribution is 0.100. The average Bonchev–Trinajstić information content (AvgIpc) is 2.78. The summed E-state index contributed by atoms with van der Waals surface area (Å²) in [5, 5.41) is 0. The normalized spacial score (nSPS) is 20.4. The molecule has 1 aliphatic rings. The van der Waals surface area contributed by atoms with Crippen molar-refractivity contribution in [2.75, 3.05) is 19.6 Å². The summed E-state index contributed by atoms with van der Waals surface area (Å²) in [7, 11) is 0. The summed E-state index contributed by atoms with van der Waals surface area (Å²) in [4.78, 5) is 13.4. The van der Waals surface area contributed by atoms with Crippen molar-refractivity contribution in [3.05, 3.63) is 48.0 Å². The molecule has 1 aromatic carbocycles. The molecule has 3 heteroatoms. The van der Waals surface area contributed by atoms with Gasteiger partial charge < -0.3 is 5.73 Å². The Morgan fingerprint density at radius 2 is 2.18 bits per heavy atom. The predicted molar refractivity (Wildman–Crippen MR) is 69.0 cm³/mol. The molecule has 0 unspecified atom stereocenters. The van der Waals surface area contributed by atoms with E-state index in [1.54, 1.807) is 0 Å². The van der Waals surface area contributed by atoms with Crippen LogP contribution in [-0.2, 0) is 0 Å². The Morgan fingerprint density at radius 3 is 2.76 bits per heavy atom. The number of primary amides is 1. The standard InChI is InChI=1S/C14H18N2O/c1-2-8-16-9-7-13(10-16)11-3-5-12(6-4-11)14(15)17/h2-6,13H,1,7-10H2,(H2,15,17)/t13-/m1/s1. The summed E-state index contributed by atoms with van der Waals surface area (Å²) in [5.74, 6) is 0.202. The van der Waals surface area contributed by atoms with Gasteiger partial charge in [-0.25, -0.2) is 0 Å². The van der Waals surface area contributed by atoms with E-state index in [-0.39, 0.29) is 5.91 Å². The first kappa shape index (κ1) is 11.9. The zero-order valence-electron chi connectivity index (χ0n) is 9.93. The summed E-state index contributed by atoms with van der Waals surface area (Å²) in [6.45, 7) is 6.90. The third-order valence-corrected chi connectivity index (χ3v) is 3.33. The second kappa shape index (κ2) is 5.15. The van der Waals surface area contributed by atoms with Gasteiger partial charge in [-0.1, -0.05) is 18.2 Å². The zero-order valence-corrected chi connectivity index (χ0v) is 9.93. The number of carbonyl (C=O) groups is 1. The minimum absolute atomic E-state index is 0.365. The second-order valence-electron chi connectivity index (χ2n) is 4.52. The molecule has 0 bridgehead atoms. The van der Waals surface area contributed by atoms with Gasteiger partial charge in [0.05, 0.1) is 0 Å². The van der Waals surface area contributed by atoms with Crippen LogP contribution in [0.5, 0.6) is 0 Å². The van der Waals surface area contributed by atoms with E-state index in [1.807, 2.05) is 30.3 Å². The van der Waals surface area contributed by atoms with Gasteiger partial charge in [0.1, 0.15) is 0 Å². The van der Waals surface area contributed by atoms with Crippen molar-refractivity contribution < 1.29 is 4.79 Å². The maximum atomic E-state index is 11.0. The van der Waals surface area contributed by atoms with E-state index in [9.17, 15) is 4.79 Å². The molecular formula is C14H18N2O. The van der Waals surface area contributed by atoms with E-state index in [0.29, 0.717) is 11.5 Å². The molecule has 17 heavy (non-hydrogen) atoms. The van der Waals surface area contributed by atoms with Gasteiger partial charge in [0, 0.05) is 18.7 Å². The lowest BCUT2D eigenvalue weighted by Crippen LogP contribution is -2.20. The molecule has 1 saturated heterocycles. The fraction of sp³-hybridized carbons (Fsp3) is 0.357. The highest BCUT2D eigenvalue weighted by Crippen LogP contribution is 2.27. The number of carbonyl (C=O) groups excluding carboxylic acids is 1. The smallest absolute Gasteiger partial charge is 0.248 e. The van der Waals surface area contributed by atoms with E-state index in [4.69, 9.17) is 5.73 Å². The van der Waals surface area contributed by atoms with Crippen LogP contribution < -0.4 is 5.73 Å². The maximum absolute atomic E-state index is 11.0. The molecule has 2 rings (SSSR count). The number of hydrogen-bond acceptors (Lipinski definition) is 2. The lowest BCUT2D eigenvalue weighted by Gasteiger charge is -2.13. The van der Waals surface area contributed by atoms with Crippen LogP contribution in [-0.4, -0.2) is 30.4 Å². The van der Waals surface area contributed by atoms with Crippen LogP contribution >= 0.6 is 0 Å². The van der Waals surface area contributed by atoms with E-state index >= 15 is 0 Å². The summed E-state index contributed by atoms with van der Waals surface area (Å²) < 4.78 is 0. The lowest BCUT2D eigenvalue weighted by atomic mass is 9.97. The first-order chi connectivity index (χ1) is 8.20. The number of nitrogens with zero attached hydrogens (tertiary/aromatic N) is 1.